The minimum atomic E-state index is -0.125. The van der Waals surface area contributed by atoms with Gasteiger partial charge in [-0.3, -0.25) is 0 Å². The molecule has 2 aromatic heterocycles. The summed E-state index contributed by atoms with van der Waals surface area (Å²) in [7, 11) is 0. The lowest BCUT2D eigenvalue weighted by molar-refractivity contribution is 0.659. The molecule has 0 atom stereocenters. The fourth-order valence-electron chi connectivity index (χ4n) is 10.5. The highest BCUT2D eigenvalue weighted by atomic mass is 15.0. The molecule has 0 saturated heterocycles. The van der Waals surface area contributed by atoms with Crippen LogP contribution in [0.15, 0.2) is 188 Å². The summed E-state index contributed by atoms with van der Waals surface area (Å²) in [6.45, 7) is 9.48. The van der Waals surface area contributed by atoms with E-state index in [1.807, 2.05) is 12.1 Å². The molecule has 0 saturated carbocycles. The second-order valence-electron chi connectivity index (χ2n) is 17.8. The highest BCUT2D eigenvalue weighted by Crippen LogP contribution is 2.53. The third-order valence-corrected chi connectivity index (χ3v) is 13.6. The first-order valence-electron chi connectivity index (χ1n) is 21.3. The van der Waals surface area contributed by atoms with Crippen molar-refractivity contribution in [3.63, 3.8) is 0 Å². The molecule has 0 N–H and O–H groups in total. The van der Waals surface area contributed by atoms with Gasteiger partial charge in [-0.2, -0.15) is 0 Å². The van der Waals surface area contributed by atoms with Crippen LogP contribution >= 0.6 is 0 Å². The van der Waals surface area contributed by atoms with Crippen LogP contribution in [0.25, 0.3) is 94.8 Å². The first-order valence-corrected chi connectivity index (χ1v) is 21.3. The zero-order valence-electron chi connectivity index (χ0n) is 34.7. The maximum absolute atomic E-state index is 5.26. The fourth-order valence-corrected chi connectivity index (χ4v) is 10.5. The van der Waals surface area contributed by atoms with Gasteiger partial charge in [0.25, 0.3) is 0 Å². The minimum Gasteiger partial charge on any atom is -0.309 e. The van der Waals surface area contributed by atoms with Gasteiger partial charge in [-0.25, -0.2) is 9.97 Å². The molecule has 12 rings (SSSR count). The van der Waals surface area contributed by atoms with Gasteiger partial charge in [0, 0.05) is 44.0 Å². The van der Waals surface area contributed by atoms with Crippen molar-refractivity contribution in [2.75, 3.05) is 0 Å². The Morgan fingerprint density at radius 1 is 0.344 bits per heavy atom. The maximum atomic E-state index is 5.26. The quantitative estimate of drug-likeness (QED) is 0.174. The van der Waals surface area contributed by atoms with E-state index in [2.05, 4.69) is 208 Å². The Labute approximate surface area is 356 Å². The zero-order chi connectivity index (χ0) is 41.0. The number of benzene rings is 8. The number of hydrogen-bond acceptors (Lipinski definition) is 2. The summed E-state index contributed by atoms with van der Waals surface area (Å²) in [5.74, 6) is 0.705. The van der Waals surface area contributed by atoms with Crippen molar-refractivity contribution >= 4 is 21.8 Å². The maximum Gasteiger partial charge on any atom is 0.161 e. The van der Waals surface area contributed by atoms with Gasteiger partial charge in [-0.1, -0.05) is 173 Å². The molecule has 8 aromatic carbocycles. The van der Waals surface area contributed by atoms with Gasteiger partial charge in [0.05, 0.1) is 22.4 Å². The molecule has 61 heavy (non-hydrogen) atoms. The highest BCUT2D eigenvalue weighted by Gasteiger charge is 2.38. The lowest BCUT2D eigenvalue weighted by Crippen LogP contribution is -2.15. The average molecular weight is 782 g/mol. The molecule has 10 aromatic rings. The Morgan fingerprint density at radius 3 is 1.49 bits per heavy atom. The van der Waals surface area contributed by atoms with Crippen LogP contribution in [0, 0.1) is 0 Å². The largest absolute Gasteiger partial charge is 0.309 e. The predicted octanol–water partition coefficient (Wildman–Crippen LogP) is 14.9. The molecule has 2 aliphatic rings. The van der Waals surface area contributed by atoms with E-state index in [0.29, 0.717) is 5.82 Å². The van der Waals surface area contributed by atoms with Crippen molar-refractivity contribution in [3.8, 4) is 73.0 Å². The Hall–Kier alpha value is -7.36. The van der Waals surface area contributed by atoms with Crippen LogP contribution < -0.4 is 0 Å². The standard InChI is InChI=1S/C58H43N3/c1-57(2)48-25-15-13-22-41(48)43-29-28-39(32-50(43)57)61-54-30-27-38(31-46(54)47-33-45-42-23-14-16-26-49(42)58(3,4)51(45)34-55(47)61)40-21-11-12-24-44(40)56-59-52(36-17-7-5-8-18-36)35-53(60-56)37-19-9-6-10-20-37/h5-35H,1-4H3. The molecule has 0 unspecified atom stereocenters. The van der Waals surface area contributed by atoms with Gasteiger partial charge in [-0.15, -0.1) is 0 Å². The van der Waals surface area contributed by atoms with Gasteiger partial charge >= 0.3 is 0 Å². The van der Waals surface area contributed by atoms with Crippen molar-refractivity contribution < 1.29 is 0 Å². The van der Waals surface area contributed by atoms with Crippen molar-refractivity contribution in [3.05, 3.63) is 210 Å². The van der Waals surface area contributed by atoms with Crippen molar-refractivity contribution in [2.24, 2.45) is 0 Å². The minimum absolute atomic E-state index is 0.108. The van der Waals surface area contributed by atoms with Gasteiger partial charge in [-0.05, 0) is 98.1 Å². The number of aromatic nitrogens is 3. The van der Waals surface area contributed by atoms with E-state index in [4.69, 9.17) is 9.97 Å². The fraction of sp³-hybridized carbons (Fsp3) is 0.103. The average Bonchev–Trinajstić information content (AvgIpc) is 3.84. The van der Waals surface area contributed by atoms with Gasteiger partial charge < -0.3 is 4.57 Å². The molecule has 290 valence electrons. The molecule has 3 nitrogen and oxygen atoms in total. The van der Waals surface area contributed by atoms with Gasteiger partial charge in [0.1, 0.15) is 0 Å². The zero-order valence-corrected chi connectivity index (χ0v) is 34.7. The van der Waals surface area contributed by atoms with Crippen LogP contribution in [0.3, 0.4) is 0 Å². The number of nitrogens with zero attached hydrogens (tertiary/aromatic N) is 3. The van der Waals surface area contributed by atoms with E-state index in [1.165, 1.54) is 72.0 Å². The summed E-state index contributed by atoms with van der Waals surface area (Å²) < 4.78 is 2.51. The van der Waals surface area contributed by atoms with Crippen molar-refractivity contribution in [2.45, 2.75) is 38.5 Å². The first kappa shape index (κ1) is 35.6. The summed E-state index contributed by atoms with van der Waals surface area (Å²) >= 11 is 0. The van der Waals surface area contributed by atoms with Crippen molar-refractivity contribution in [1.29, 1.82) is 0 Å². The molecule has 0 bridgehead atoms. The lowest BCUT2D eigenvalue weighted by atomic mass is 9.82. The Bertz CT molecular complexity index is 3350. The molecule has 2 aliphatic carbocycles. The van der Waals surface area contributed by atoms with Crippen LogP contribution in [0.1, 0.15) is 49.9 Å². The van der Waals surface area contributed by atoms with Gasteiger partial charge in [0.2, 0.25) is 0 Å². The molecule has 2 heterocycles. The third-order valence-electron chi connectivity index (χ3n) is 13.6. The van der Waals surface area contributed by atoms with E-state index in [1.54, 1.807) is 0 Å². The SMILES string of the molecule is CC1(C)c2ccccc2-c2ccc(-n3c4ccc(-c5ccccc5-c5nc(-c6ccccc6)cc(-c6ccccc6)n5)cc4c4cc5c(cc43)C(C)(C)c3ccccc3-5)cc21. The highest BCUT2D eigenvalue weighted by molar-refractivity contribution is 6.13. The van der Waals surface area contributed by atoms with Crippen LogP contribution in [-0.4, -0.2) is 14.5 Å². The molecule has 0 spiro atoms. The molecule has 0 fully saturated rings. The Kier molecular flexibility index (Phi) is 7.62. The van der Waals surface area contributed by atoms with E-state index in [0.717, 1.165) is 39.2 Å². The topological polar surface area (TPSA) is 30.7 Å². The monoisotopic (exact) mass is 781 g/mol. The summed E-state index contributed by atoms with van der Waals surface area (Å²) in [4.78, 5) is 10.5. The molecular formula is C58H43N3. The number of fused-ring (bicyclic) bond motifs is 9. The van der Waals surface area contributed by atoms with E-state index in [-0.39, 0.29) is 10.8 Å². The van der Waals surface area contributed by atoms with E-state index in [9.17, 15) is 0 Å². The smallest absolute Gasteiger partial charge is 0.161 e. The molecular weight excluding hydrogens is 739 g/mol. The van der Waals surface area contributed by atoms with Gasteiger partial charge in [0.15, 0.2) is 5.82 Å². The Morgan fingerprint density at radius 2 is 0.852 bits per heavy atom. The summed E-state index contributed by atoms with van der Waals surface area (Å²) in [5, 5.41) is 2.47. The van der Waals surface area contributed by atoms with E-state index < -0.39 is 0 Å². The summed E-state index contributed by atoms with van der Waals surface area (Å²) in [6, 6.07) is 68.5. The van der Waals surface area contributed by atoms with E-state index >= 15 is 0 Å². The van der Waals surface area contributed by atoms with Crippen LogP contribution in [0.5, 0.6) is 0 Å². The lowest BCUT2D eigenvalue weighted by Gasteiger charge is -2.23. The van der Waals surface area contributed by atoms with Crippen LogP contribution in [0.4, 0.5) is 0 Å². The van der Waals surface area contributed by atoms with Crippen LogP contribution in [0.2, 0.25) is 0 Å². The second kappa shape index (κ2) is 13.1. The molecule has 0 aliphatic heterocycles. The van der Waals surface area contributed by atoms with Crippen molar-refractivity contribution in [1.82, 2.24) is 14.5 Å². The molecule has 0 amide bonds. The third kappa shape index (κ3) is 5.30. The summed E-state index contributed by atoms with van der Waals surface area (Å²) in [5.41, 5.74) is 21.3. The summed E-state index contributed by atoms with van der Waals surface area (Å²) in [6.07, 6.45) is 0. The molecule has 0 radical (unpaired) electrons. The number of hydrogen-bond donors (Lipinski definition) is 0. The predicted molar refractivity (Wildman–Crippen MR) is 253 cm³/mol. The first-order chi connectivity index (χ1) is 29.8. The van der Waals surface area contributed by atoms with Crippen LogP contribution in [-0.2, 0) is 10.8 Å². The Balaban J connectivity index is 1.09. The second-order valence-corrected chi connectivity index (χ2v) is 17.8. The normalized spacial score (nSPS) is 14.2. The number of rotatable bonds is 5. The molecule has 3 heteroatoms.